The van der Waals surface area contributed by atoms with Crippen LogP contribution in [0.3, 0.4) is 0 Å². The van der Waals surface area contributed by atoms with E-state index >= 15 is 0 Å². The van der Waals surface area contributed by atoms with Crippen LogP contribution in [-0.2, 0) is 9.53 Å². The van der Waals surface area contributed by atoms with Gasteiger partial charge < -0.3 is 4.74 Å². The number of nitriles is 1. The Bertz CT molecular complexity index is 402. The molecule has 21 heavy (non-hydrogen) atoms. The Morgan fingerprint density at radius 2 is 1.81 bits per heavy atom. The predicted octanol–water partition coefficient (Wildman–Crippen LogP) is 3.86. The lowest BCUT2D eigenvalue weighted by Gasteiger charge is -2.33. The summed E-state index contributed by atoms with van der Waals surface area (Å²) < 4.78 is 5.45. The largest absolute Gasteiger partial charge is 0.458 e. The fraction of sp³-hybridized carbons (Fsp3) is 0.882. The summed E-state index contributed by atoms with van der Waals surface area (Å²) in [4.78, 5) is 13.9. The molecular formula is C17H30N2O2. The molecule has 0 aromatic heterocycles. The van der Waals surface area contributed by atoms with Crippen LogP contribution in [0.2, 0.25) is 0 Å². The zero-order valence-electron chi connectivity index (χ0n) is 14.4. The first-order valence-electron chi connectivity index (χ1n) is 8.06. The summed E-state index contributed by atoms with van der Waals surface area (Å²) in [6, 6.07) is -0.241. The SMILES string of the molecule is CCC(C)(CC)CC1CCC(C(=O)OC(C)(C)C)N1C#N. The lowest BCUT2D eigenvalue weighted by molar-refractivity contribution is -0.159. The molecule has 4 heteroatoms. The first-order chi connectivity index (χ1) is 9.65. The van der Waals surface area contributed by atoms with Gasteiger partial charge in [-0.1, -0.05) is 33.6 Å². The highest BCUT2D eigenvalue weighted by atomic mass is 16.6. The van der Waals surface area contributed by atoms with Gasteiger partial charge in [0.2, 0.25) is 0 Å². The zero-order valence-corrected chi connectivity index (χ0v) is 14.4. The molecule has 0 bridgehead atoms. The molecule has 0 amide bonds. The number of carbonyl (C=O) groups excluding carboxylic acids is 1. The number of carbonyl (C=O) groups is 1. The number of hydrogen-bond acceptors (Lipinski definition) is 4. The molecule has 0 N–H and O–H groups in total. The van der Waals surface area contributed by atoms with Gasteiger partial charge >= 0.3 is 5.97 Å². The lowest BCUT2D eigenvalue weighted by Crippen LogP contribution is -2.42. The van der Waals surface area contributed by atoms with Gasteiger partial charge in [0.15, 0.2) is 6.19 Å². The predicted molar refractivity (Wildman–Crippen MR) is 83.4 cm³/mol. The van der Waals surface area contributed by atoms with Crippen LogP contribution in [0.25, 0.3) is 0 Å². The molecule has 0 saturated carbocycles. The first-order valence-corrected chi connectivity index (χ1v) is 8.06. The van der Waals surface area contributed by atoms with Crippen molar-refractivity contribution in [1.82, 2.24) is 4.90 Å². The van der Waals surface area contributed by atoms with E-state index in [1.165, 1.54) is 0 Å². The average molecular weight is 294 g/mol. The van der Waals surface area contributed by atoms with Gasteiger partial charge in [-0.05, 0) is 45.4 Å². The molecular weight excluding hydrogens is 264 g/mol. The summed E-state index contributed by atoms with van der Waals surface area (Å²) in [5.41, 5.74) is -0.264. The summed E-state index contributed by atoms with van der Waals surface area (Å²) in [5, 5.41) is 9.46. The van der Waals surface area contributed by atoms with Gasteiger partial charge in [0, 0.05) is 6.04 Å². The number of esters is 1. The van der Waals surface area contributed by atoms with Crippen molar-refractivity contribution in [3.63, 3.8) is 0 Å². The summed E-state index contributed by atoms with van der Waals surface area (Å²) in [7, 11) is 0. The Kier molecular flexibility index (Phi) is 5.67. The van der Waals surface area contributed by atoms with Crippen LogP contribution in [0.5, 0.6) is 0 Å². The van der Waals surface area contributed by atoms with E-state index in [1.54, 1.807) is 4.90 Å². The monoisotopic (exact) mass is 294 g/mol. The summed E-state index contributed by atoms with van der Waals surface area (Å²) in [6.07, 6.45) is 7.00. The normalized spacial score (nSPS) is 23.0. The van der Waals surface area contributed by atoms with Crippen molar-refractivity contribution in [1.29, 1.82) is 5.26 Å². The molecule has 0 spiro atoms. The number of ether oxygens (including phenoxy) is 1. The van der Waals surface area contributed by atoms with Crippen LogP contribution in [-0.4, -0.2) is 28.6 Å². The van der Waals surface area contributed by atoms with Crippen molar-refractivity contribution < 1.29 is 9.53 Å². The minimum Gasteiger partial charge on any atom is -0.458 e. The van der Waals surface area contributed by atoms with Gasteiger partial charge in [0.25, 0.3) is 0 Å². The van der Waals surface area contributed by atoms with Crippen LogP contribution in [0, 0.1) is 16.9 Å². The van der Waals surface area contributed by atoms with E-state index in [-0.39, 0.29) is 17.4 Å². The zero-order chi connectivity index (χ0) is 16.3. The molecule has 1 aliphatic heterocycles. The van der Waals surface area contributed by atoms with Crippen molar-refractivity contribution in [2.75, 3.05) is 0 Å². The van der Waals surface area contributed by atoms with Crippen LogP contribution in [0.15, 0.2) is 0 Å². The summed E-state index contributed by atoms with van der Waals surface area (Å²) >= 11 is 0. The molecule has 1 aliphatic rings. The topological polar surface area (TPSA) is 53.3 Å². The third-order valence-corrected chi connectivity index (χ3v) is 4.73. The van der Waals surface area contributed by atoms with Crippen molar-refractivity contribution >= 4 is 5.97 Å². The molecule has 1 rings (SSSR count). The van der Waals surface area contributed by atoms with Crippen molar-refractivity contribution in [2.24, 2.45) is 5.41 Å². The highest BCUT2D eigenvalue weighted by Crippen LogP contribution is 2.37. The Labute approximate surface area is 129 Å². The minimum atomic E-state index is -0.502. The van der Waals surface area contributed by atoms with Crippen molar-refractivity contribution in [2.45, 2.75) is 91.3 Å². The van der Waals surface area contributed by atoms with Gasteiger partial charge in [0.05, 0.1) is 0 Å². The maximum Gasteiger partial charge on any atom is 0.330 e. The maximum atomic E-state index is 12.3. The van der Waals surface area contributed by atoms with E-state index in [2.05, 4.69) is 27.0 Å². The highest BCUT2D eigenvalue weighted by molar-refractivity contribution is 5.77. The Hall–Kier alpha value is -1.24. The number of nitrogens with zero attached hydrogens (tertiary/aromatic N) is 2. The molecule has 1 heterocycles. The fourth-order valence-corrected chi connectivity index (χ4v) is 2.94. The summed E-state index contributed by atoms with van der Waals surface area (Å²) in [5.74, 6) is -0.263. The molecule has 0 aromatic rings. The number of likely N-dealkylation sites (tertiary alicyclic amines) is 1. The molecule has 0 aliphatic carbocycles. The van der Waals surface area contributed by atoms with Gasteiger partial charge in [-0.2, -0.15) is 5.26 Å². The Morgan fingerprint density at radius 3 is 2.24 bits per heavy atom. The number of hydrogen-bond donors (Lipinski definition) is 0. The van der Waals surface area contributed by atoms with E-state index < -0.39 is 11.6 Å². The fourth-order valence-electron chi connectivity index (χ4n) is 2.94. The standard InChI is InChI=1S/C17H30N2O2/c1-7-17(6,8-2)11-13-9-10-14(19(13)12-18)15(20)21-16(3,4)5/h13-14H,7-11H2,1-6H3. The molecule has 0 aromatic carbocycles. The third kappa shape index (κ3) is 4.62. The van der Waals surface area contributed by atoms with Crippen LogP contribution in [0.4, 0.5) is 0 Å². The van der Waals surface area contributed by atoms with Gasteiger partial charge in [-0.25, -0.2) is 4.79 Å². The van der Waals surface area contributed by atoms with Crippen molar-refractivity contribution in [3.05, 3.63) is 0 Å². The highest BCUT2D eigenvalue weighted by Gasteiger charge is 2.41. The number of rotatable bonds is 5. The molecule has 1 saturated heterocycles. The summed E-state index contributed by atoms with van der Waals surface area (Å²) in [6.45, 7) is 12.2. The van der Waals surface area contributed by atoms with Crippen LogP contribution in [0.1, 0.15) is 73.6 Å². The van der Waals surface area contributed by atoms with Gasteiger partial charge in [0.1, 0.15) is 11.6 Å². The van der Waals surface area contributed by atoms with Crippen LogP contribution >= 0.6 is 0 Å². The Morgan fingerprint density at radius 1 is 1.24 bits per heavy atom. The van der Waals surface area contributed by atoms with E-state index in [4.69, 9.17) is 4.74 Å². The van der Waals surface area contributed by atoms with Gasteiger partial charge in [-0.3, -0.25) is 4.90 Å². The average Bonchev–Trinajstić information content (AvgIpc) is 2.79. The smallest absolute Gasteiger partial charge is 0.330 e. The van der Waals surface area contributed by atoms with E-state index in [9.17, 15) is 10.1 Å². The quantitative estimate of drug-likeness (QED) is 0.570. The second-order valence-electron chi connectivity index (χ2n) is 7.51. The van der Waals surface area contributed by atoms with E-state index in [0.29, 0.717) is 0 Å². The second kappa shape index (κ2) is 6.68. The molecule has 2 unspecified atom stereocenters. The Balaban J connectivity index is 2.77. The second-order valence-corrected chi connectivity index (χ2v) is 7.51. The molecule has 2 atom stereocenters. The van der Waals surface area contributed by atoms with E-state index in [1.807, 2.05) is 20.8 Å². The molecule has 1 fully saturated rings. The van der Waals surface area contributed by atoms with E-state index in [0.717, 1.165) is 32.1 Å². The molecule has 0 radical (unpaired) electrons. The third-order valence-electron chi connectivity index (χ3n) is 4.73. The van der Waals surface area contributed by atoms with Crippen LogP contribution < -0.4 is 0 Å². The van der Waals surface area contributed by atoms with Crippen molar-refractivity contribution in [3.8, 4) is 6.19 Å². The minimum absolute atomic E-state index is 0.164. The molecule has 120 valence electrons. The maximum absolute atomic E-state index is 12.3. The molecule has 4 nitrogen and oxygen atoms in total. The first kappa shape index (κ1) is 17.8. The van der Waals surface area contributed by atoms with Gasteiger partial charge in [-0.15, -0.1) is 0 Å². The lowest BCUT2D eigenvalue weighted by atomic mass is 9.78.